The van der Waals surface area contributed by atoms with Crippen molar-refractivity contribution in [2.75, 3.05) is 13.2 Å². The van der Waals surface area contributed by atoms with E-state index >= 15 is 0 Å². The predicted octanol–water partition coefficient (Wildman–Crippen LogP) is 3.93. The minimum absolute atomic E-state index is 0.223. The molecule has 282 valence electrons. The van der Waals surface area contributed by atoms with Crippen LogP contribution in [0, 0.1) is 0 Å². The van der Waals surface area contributed by atoms with Crippen LogP contribution < -0.4 is 5.32 Å². The Bertz CT molecular complexity index is 841. The molecule has 1 saturated heterocycles. The van der Waals surface area contributed by atoms with Crippen molar-refractivity contribution in [3.8, 4) is 0 Å². The van der Waals surface area contributed by atoms with Crippen LogP contribution in [0.25, 0.3) is 0 Å². The summed E-state index contributed by atoms with van der Waals surface area (Å²) in [6.07, 6.45) is 15.5. The third kappa shape index (κ3) is 19.1. The lowest BCUT2D eigenvalue weighted by Crippen LogP contribution is -2.60. The number of hydrogen-bond donors (Lipinski definition) is 8. The molecule has 1 aliphatic rings. The summed E-state index contributed by atoms with van der Waals surface area (Å²) in [5.41, 5.74) is 0. The van der Waals surface area contributed by atoms with Crippen molar-refractivity contribution < 1.29 is 50.0 Å². The molecule has 0 aromatic heterocycles. The number of aliphatic hydroxyl groups is 7. The molecule has 1 rings (SSSR count). The van der Waals surface area contributed by atoms with Crippen LogP contribution in [0.5, 0.6) is 0 Å². The number of nitrogens with one attached hydrogen (secondary N) is 1. The molecule has 0 aromatic rings. The Hall–Kier alpha value is -1.41. The third-order valence-electron chi connectivity index (χ3n) is 8.98. The molecular formula is C37H69NO10. The Morgan fingerprint density at radius 2 is 1.23 bits per heavy atom. The van der Waals surface area contributed by atoms with Crippen molar-refractivity contribution >= 4 is 5.91 Å². The monoisotopic (exact) mass is 687 g/mol. The third-order valence-corrected chi connectivity index (χ3v) is 8.98. The minimum atomic E-state index is -1.67. The molecule has 1 heterocycles. The van der Waals surface area contributed by atoms with Gasteiger partial charge in [0.05, 0.1) is 25.4 Å². The molecule has 11 heteroatoms. The van der Waals surface area contributed by atoms with Gasteiger partial charge in [-0.05, 0) is 64.2 Å². The summed E-state index contributed by atoms with van der Waals surface area (Å²) in [7, 11) is 0. The summed E-state index contributed by atoms with van der Waals surface area (Å²) in [5.74, 6) is -0.728. The van der Waals surface area contributed by atoms with Crippen molar-refractivity contribution in [3.05, 3.63) is 24.3 Å². The van der Waals surface area contributed by atoms with Crippen LogP contribution in [-0.4, -0.2) is 110 Å². The summed E-state index contributed by atoms with van der Waals surface area (Å²) in [6, 6.07) is -1.19. The number of amides is 1. The quantitative estimate of drug-likeness (QED) is 0.0423. The standard InChI is InChI=1S/C37H69NO10/c1-3-5-7-9-11-13-14-15-17-19-21-23-25-30(41)36(46)38-28(27-47-37-35(45)34(44)33(43)31(26-39)48-37)32(42)29(40)24-22-20-18-16-12-10-8-6-4-2/h15-18,28-35,37,39-45H,3-14,19-27H2,1-2H3,(H,38,46)/b17-15-,18-16+. The van der Waals surface area contributed by atoms with Crippen molar-refractivity contribution in [2.45, 2.75) is 191 Å². The topological polar surface area (TPSA) is 189 Å². The van der Waals surface area contributed by atoms with E-state index < -0.39 is 74.2 Å². The van der Waals surface area contributed by atoms with Gasteiger partial charge in [0.25, 0.3) is 0 Å². The van der Waals surface area contributed by atoms with E-state index in [-0.39, 0.29) is 12.8 Å². The summed E-state index contributed by atoms with van der Waals surface area (Å²) in [6.45, 7) is 3.31. The van der Waals surface area contributed by atoms with Crippen molar-refractivity contribution in [1.29, 1.82) is 0 Å². The van der Waals surface area contributed by atoms with Crippen molar-refractivity contribution in [2.24, 2.45) is 0 Å². The average molecular weight is 688 g/mol. The van der Waals surface area contributed by atoms with Gasteiger partial charge in [0, 0.05) is 0 Å². The van der Waals surface area contributed by atoms with Crippen LogP contribution in [0.15, 0.2) is 24.3 Å². The second-order valence-electron chi connectivity index (χ2n) is 13.3. The van der Waals surface area contributed by atoms with E-state index in [2.05, 4.69) is 43.5 Å². The van der Waals surface area contributed by atoms with Gasteiger partial charge in [0.2, 0.25) is 5.91 Å². The number of ether oxygens (including phenoxy) is 2. The highest BCUT2D eigenvalue weighted by molar-refractivity contribution is 5.80. The van der Waals surface area contributed by atoms with Crippen LogP contribution in [0.2, 0.25) is 0 Å². The second-order valence-corrected chi connectivity index (χ2v) is 13.3. The normalized spacial score (nSPS) is 24.2. The number of rotatable bonds is 29. The van der Waals surface area contributed by atoms with Crippen LogP contribution in [0.1, 0.15) is 136 Å². The Balaban J connectivity index is 2.63. The van der Waals surface area contributed by atoms with E-state index in [1.807, 2.05) is 0 Å². The maximum absolute atomic E-state index is 12.9. The van der Waals surface area contributed by atoms with Gasteiger partial charge < -0.3 is 50.5 Å². The molecule has 1 fully saturated rings. The second kappa shape index (κ2) is 28.3. The van der Waals surface area contributed by atoms with Gasteiger partial charge in [0.1, 0.15) is 36.6 Å². The fourth-order valence-corrected chi connectivity index (χ4v) is 5.73. The lowest BCUT2D eigenvalue weighted by atomic mass is 9.98. The lowest BCUT2D eigenvalue weighted by molar-refractivity contribution is -0.303. The number of aliphatic hydroxyl groups excluding tert-OH is 7. The molecule has 1 aliphatic heterocycles. The van der Waals surface area contributed by atoms with E-state index in [4.69, 9.17) is 9.47 Å². The highest BCUT2D eigenvalue weighted by Crippen LogP contribution is 2.23. The Morgan fingerprint density at radius 3 is 1.81 bits per heavy atom. The molecule has 0 bridgehead atoms. The maximum Gasteiger partial charge on any atom is 0.249 e. The highest BCUT2D eigenvalue weighted by atomic mass is 16.7. The SMILES string of the molecule is CCCCCC/C=C/CCCC(O)C(O)C(COC1OC(CO)C(O)C(O)C1O)NC(=O)C(O)CCCC/C=C\CCCCCCCC. The molecule has 0 aliphatic carbocycles. The van der Waals surface area contributed by atoms with Crippen molar-refractivity contribution in [3.63, 3.8) is 0 Å². The Labute approximate surface area is 289 Å². The molecule has 0 radical (unpaired) electrons. The van der Waals surface area contributed by atoms with E-state index in [0.29, 0.717) is 12.8 Å². The van der Waals surface area contributed by atoms with E-state index in [9.17, 15) is 40.5 Å². The van der Waals surface area contributed by atoms with Crippen LogP contribution in [-0.2, 0) is 14.3 Å². The molecule has 48 heavy (non-hydrogen) atoms. The first-order valence-corrected chi connectivity index (χ1v) is 18.7. The molecular weight excluding hydrogens is 618 g/mol. The molecule has 9 atom stereocenters. The Kier molecular flexibility index (Phi) is 26.3. The zero-order chi connectivity index (χ0) is 35.6. The molecule has 1 amide bonds. The fraction of sp³-hybridized carbons (Fsp3) is 0.865. The molecule has 11 nitrogen and oxygen atoms in total. The van der Waals surface area contributed by atoms with Crippen LogP contribution >= 0.6 is 0 Å². The van der Waals surface area contributed by atoms with Gasteiger partial charge in [-0.15, -0.1) is 0 Å². The summed E-state index contributed by atoms with van der Waals surface area (Å²) < 4.78 is 11.0. The zero-order valence-electron chi connectivity index (χ0n) is 29.7. The van der Waals surface area contributed by atoms with Gasteiger partial charge in [-0.25, -0.2) is 0 Å². The maximum atomic E-state index is 12.9. The first-order valence-electron chi connectivity index (χ1n) is 18.7. The fourth-order valence-electron chi connectivity index (χ4n) is 5.73. The van der Waals surface area contributed by atoms with Gasteiger partial charge in [-0.2, -0.15) is 0 Å². The highest BCUT2D eigenvalue weighted by Gasteiger charge is 2.44. The number of hydrogen-bond acceptors (Lipinski definition) is 10. The minimum Gasteiger partial charge on any atom is -0.394 e. The van der Waals surface area contributed by atoms with Crippen molar-refractivity contribution in [1.82, 2.24) is 5.32 Å². The number of carbonyl (C=O) groups excluding carboxylic acids is 1. The number of carbonyl (C=O) groups is 1. The lowest BCUT2D eigenvalue weighted by Gasteiger charge is -2.40. The van der Waals surface area contributed by atoms with Crippen LogP contribution in [0.4, 0.5) is 0 Å². The van der Waals surface area contributed by atoms with E-state index in [1.54, 1.807) is 0 Å². The smallest absolute Gasteiger partial charge is 0.249 e. The number of allylic oxidation sites excluding steroid dienone is 4. The summed E-state index contributed by atoms with van der Waals surface area (Å²) in [5, 5.41) is 74.9. The summed E-state index contributed by atoms with van der Waals surface area (Å²) >= 11 is 0. The van der Waals surface area contributed by atoms with Crippen LogP contribution in [0.3, 0.4) is 0 Å². The largest absolute Gasteiger partial charge is 0.394 e. The van der Waals surface area contributed by atoms with E-state index in [0.717, 1.165) is 38.5 Å². The predicted molar refractivity (Wildman–Crippen MR) is 187 cm³/mol. The van der Waals surface area contributed by atoms with E-state index in [1.165, 1.54) is 57.8 Å². The number of unbranched alkanes of at least 4 members (excludes halogenated alkanes) is 13. The van der Waals surface area contributed by atoms with Gasteiger partial charge in [-0.3, -0.25) is 4.79 Å². The molecule has 9 unspecified atom stereocenters. The average Bonchev–Trinajstić information content (AvgIpc) is 3.08. The van der Waals surface area contributed by atoms with Gasteiger partial charge >= 0.3 is 0 Å². The first kappa shape index (κ1) is 44.6. The van der Waals surface area contributed by atoms with Gasteiger partial charge in [-0.1, -0.05) is 95.9 Å². The molecule has 0 saturated carbocycles. The molecule has 0 spiro atoms. The zero-order valence-corrected chi connectivity index (χ0v) is 29.7. The Morgan fingerprint density at radius 1 is 0.708 bits per heavy atom. The first-order chi connectivity index (χ1) is 23.2. The van der Waals surface area contributed by atoms with Gasteiger partial charge in [0.15, 0.2) is 6.29 Å². The summed E-state index contributed by atoms with van der Waals surface area (Å²) in [4.78, 5) is 12.9. The molecule has 8 N–H and O–H groups in total. The molecule has 0 aromatic carbocycles.